The lowest BCUT2D eigenvalue weighted by Crippen LogP contribution is -2.49. The molecule has 1 heterocycles. The van der Waals surface area contributed by atoms with Crippen molar-refractivity contribution in [2.24, 2.45) is 5.41 Å². The Morgan fingerprint density at radius 3 is 2.52 bits per heavy atom. The highest BCUT2D eigenvalue weighted by atomic mass is 35.5. The number of benzene rings is 1. The Hall–Kier alpha value is -1.87. The van der Waals surface area contributed by atoms with Crippen molar-refractivity contribution in [3.8, 4) is 5.75 Å². The molecule has 1 aromatic heterocycles. The van der Waals surface area contributed by atoms with Crippen LogP contribution in [0.2, 0.25) is 5.02 Å². The van der Waals surface area contributed by atoms with Crippen molar-refractivity contribution < 1.29 is 27.4 Å². The molecule has 1 N–H and O–H groups in total. The molecule has 0 aliphatic heterocycles. The van der Waals surface area contributed by atoms with Gasteiger partial charge in [0, 0.05) is 5.56 Å². The Balaban J connectivity index is 2.09. The van der Waals surface area contributed by atoms with Gasteiger partial charge in [-0.1, -0.05) is 17.7 Å². The molecule has 0 amide bonds. The van der Waals surface area contributed by atoms with Gasteiger partial charge in [0.2, 0.25) is 6.86 Å². The fraction of sp³-hybridized carbons (Fsp3) is 0.467. The number of hydrogen-bond donors (Lipinski definition) is 1. The second kappa shape index (κ2) is 6.14. The van der Waals surface area contributed by atoms with Crippen LogP contribution in [-0.4, -0.2) is 32.9 Å². The van der Waals surface area contributed by atoms with E-state index in [0.29, 0.717) is 0 Å². The largest absolute Gasteiger partial charge is 0.463 e. The number of nitrogens with zero attached hydrogens (tertiary/aromatic N) is 3. The van der Waals surface area contributed by atoms with Gasteiger partial charge in [-0.15, -0.1) is 0 Å². The Morgan fingerprint density at radius 1 is 1.32 bits per heavy atom. The average molecular weight is 380 g/mol. The topological polar surface area (TPSA) is 60.2 Å². The van der Waals surface area contributed by atoms with Crippen LogP contribution < -0.4 is 4.74 Å². The lowest BCUT2D eigenvalue weighted by atomic mass is 9.77. The zero-order chi connectivity index (χ0) is 18.3. The van der Waals surface area contributed by atoms with E-state index in [1.54, 1.807) is 0 Å². The van der Waals surface area contributed by atoms with Crippen molar-refractivity contribution >= 4 is 11.6 Å². The maximum absolute atomic E-state index is 13.7. The molecule has 1 atom stereocenters. The molecule has 1 aliphatic carbocycles. The van der Waals surface area contributed by atoms with Crippen LogP contribution in [-0.2, 0) is 12.1 Å². The summed E-state index contributed by atoms with van der Waals surface area (Å²) in [7, 11) is 0. The van der Waals surface area contributed by atoms with E-state index in [4.69, 9.17) is 11.6 Å². The zero-order valence-corrected chi connectivity index (χ0v) is 13.6. The quantitative estimate of drug-likeness (QED) is 0.781. The number of aromatic nitrogens is 3. The van der Waals surface area contributed by atoms with Crippen molar-refractivity contribution in [2.45, 2.75) is 31.2 Å². The molecule has 0 spiro atoms. The number of rotatable bonds is 6. The first-order chi connectivity index (χ1) is 11.7. The molecule has 1 aliphatic rings. The smallest absolute Gasteiger partial charge is 0.397 e. The molecule has 10 heteroatoms. The highest BCUT2D eigenvalue weighted by Crippen LogP contribution is 2.67. The molecule has 1 unspecified atom stereocenters. The lowest BCUT2D eigenvalue weighted by molar-refractivity contribution is -0.250. The highest BCUT2D eigenvalue weighted by Gasteiger charge is 2.74. The third kappa shape index (κ3) is 2.95. The predicted octanol–water partition coefficient (Wildman–Crippen LogP) is 3.47. The normalized spacial score (nSPS) is 18.6. The second-order valence-corrected chi connectivity index (χ2v) is 6.34. The Labute approximate surface area is 145 Å². The van der Waals surface area contributed by atoms with E-state index in [1.165, 1.54) is 24.5 Å². The molecule has 3 rings (SSSR count). The zero-order valence-electron chi connectivity index (χ0n) is 12.8. The fourth-order valence-electron chi connectivity index (χ4n) is 3.08. The fourth-order valence-corrected chi connectivity index (χ4v) is 3.41. The molecule has 1 saturated carbocycles. The van der Waals surface area contributed by atoms with E-state index < -0.39 is 30.6 Å². The van der Waals surface area contributed by atoms with Crippen LogP contribution in [0.5, 0.6) is 5.75 Å². The van der Waals surface area contributed by atoms with Crippen molar-refractivity contribution in [2.75, 3.05) is 6.86 Å². The van der Waals surface area contributed by atoms with Gasteiger partial charge < -0.3 is 9.84 Å². The number of aliphatic hydroxyl groups is 1. The van der Waals surface area contributed by atoms with E-state index in [-0.39, 0.29) is 29.2 Å². The van der Waals surface area contributed by atoms with Crippen LogP contribution in [0.1, 0.15) is 18.4 Å². The summed E-state index contributed by atoms with van der Waals surface area (Å²) in [4.78, 5) is 3.69. The number of halogens is 5. The summed E-state index contributed by atoms with van der Waals surface area (Å²) >= 11 is 6.10. The monoisotopic (exact) mass is 379 g/mol. The maximum atomic E-state index is 13.7. The van der Waals surface area contributed by atoms with E-state index >= 15 is 0 Å². The second-order valence-electron chi connectivity index (χ2n) is 5.93. The summed E-state index contributed by atoms with van der Waals surface area (Å²) in [5.41, 5.74) is -4.81. The lowest BCUT2D eigenvalue weighted by Gasteiger charge is -2.38. The summed E-state index contributed by atoms with van der Waals surface area (Å²) in [6.45, 7) is -1.58. The summed E-state index contributed by atoms with van der Waals surface area (Å²) in [6, 6.07) is 3.66. The van der Waals surface area contributed by atoms with Gasteiger partial charge in [0.05, 0.1) is 11.6 Å². The van der Waals surface area contributed by atoms with Crippen molar-refractivity contribution in [1.29, 1.82) is 0 Å². The molecule has 25 heavy (non-hydrogen) atoms. The molecule has 136 valence electrons. The van der Waals surface area contributed by atoms with Crippen molar-refractivity contribution in [3.05, 3.63) is 41.4 Å². The third-order valence-corrected chi connectivity index (χ3v) is 4.86. The number of hydrogen-bond acceptors (Lipinski definition) is 4. The first-order valence-electron chi connectivity index (χ1n) is 7.34. The van der Waals surface area contributed by atoms with Gasteiger partial charge in [-0.25, -0.2) is 14.1 Å². The summed E-state index contributed by atoms with van der Waals surface area (Å²) in [5, 5.41) is 14.8. The van der Waals surface area contributed by atoms with Gasteiger partial charge in [-0.3, -0.25) is 0 Å². The Kier molecular flexibility index (Phi) is 4.40. The van der Waals surface area contributed by atoms with Crippen LogP contribution in [0.15, 0.2) is 30.9 Å². The van der Waals surface area contributed by atoms with E-state index in [2.05, 4.69) is 14.8 Å². The number of ether oxygens (including phenoxy) is 1. The average Bonchev–Trinajstić information content (AvgIpc) is 3.22. The minimum atomic E-state index is -4.64. The van der Waals surface area contributed by atoms with Crippen molar-refractivity contribution in [1.82, 2.24) is 14.8 Å². The highest BCUT2D eigenvalue weighted by molar-refractivity contribution is 6.31. The standard InChI is InChI=1S/C15H14ClF4N3O2/c16-12-5-10(25-7-17)1-2-11(12)14(24,6-23-9-21-8-22-23)13(3-4-13)15(18,19)20/h1-2,5,8-9,24H,3-4,6-7H2. The van der Waals surface area contributed by atoms with Crippen molar-refractivity contribution in [3.63, 3.8) is 0 Å². The SMILES string of the molecule is OC(Cn1cncn1)(c1ccc(OCF)cc1Cl)C1(C(F)(F)F)CC1. The van der Waals surface area contributed by atoms with Gasteiger partial charge in [0.1, 0.15) is 29.4 Å². The van der Waals surface area contributed by atoms with Crippen LogP contribution in [0.3, 0.4) is 0 Å². The summed E-state index contributed by atoms with van der Waals surface area (Å²) in [6.07, 6.45) is -2.74. The Morgan fingerprint density at radius 2 is 2.04 bits per heavy atom. The molecule has 1 aromatic carbocycles. The van der Waals surface area contributed by atoms with Crippen LogP contribution in [0.25, 0.3) is 0 Å². The Bertz CT molecular complexity index is 750. The molecule has 0 radical (unpaired) electrons. The van der Waals surface area contributed by atoms with E-state index in [1.807, 2.05) is 0 Å². The summed E-state index contributed by atoms with van der Waals surface area (Å²) in [5.74, 6) is 0.0520. The van der Waals surface area contributed by atoms with Crippen LogP contribution in [0.4, 0.5) is 17.6 Å². The van der Waals surface area contributed by atoms with E-state index in [9.17, 15) is 22.7 Å². The van der Waals surface area contributed by atoms with Crippen LogP contribution in [0, 0.1) is 5.41 Å². The molecule has 5 nitrogen and oxygen atoms in total. The van der Waals surface area contributed by atoms with E-state index in [0.717, 1.165) is 11.0 Å². The maximum Gasteiger partial charge on any atom is 0.397 e. The van der Waals surface area contributed by atoms with Gasteiger partial charge in [0.25, 0.3) is 0 Å². The summed E-state index contributed by atoms with van der Waals surface area (Å²) < 4.78 is 59.2. The number of alkyl halides is 4. The first-order valence-corrected chi connectivity index (χ1v) is 7.72. The first kappa shape index (κ1) is 17.9. The molecule has 2 aromatic rings. The minimum Gasteiger partial charge on any atom is -0.463 e. The van der Waals surface area contributed by atoms with Gasteiger partial charge >= 0.3 is 6.18 Å². The predicted molar refractivity (Wildman–Crippen MR) is 79.7 cm³/mol. The van der Waals surface area contributed by atoms with Gasteiger partial charge in [0.15, 0.2) is 0 Å². The molecule has 0 bridgehead atoms. The molecule has 1 fully saturated rings. The molecule has 0 saturated heterocycles. The van der Waals surface area contributed by atoms with Crippen LogP contribution >= 0.6 is 11.6 Å². The van der Waals surface area contributed by atoms with Gasteiger partial charge in [-0.2, -0.15) is 18.3 Å². The minimum absolute atomic E-state index is 0.0520. The third-order valence-electron chi connectivity index (χ3n) is 4.55. The molecular formula is C15H14ClF4N3O2. The van der Waals surface area contributed by atoms with Gasteiger partial charge in [-0.05, 0) is 25.0 Å². The molecular weight excluding hydrogens is 366 g/mol.